The Kier molecular flexibility index (Phi) is 7.84. The zero-order chi connectivity index (χ0) is 23.1. The number of methoxy groups -OCH3 is 1. The Hall–Kier alpha value is -3.75. The van der Waals surface area contributed by atoms with E-state index in [-0.39, 0.29) is 35.7 Å². The number of hydrogen-bond donors (Lipinski definition) is 1. The van der Waals surface area contributed by atoms with Gasteiger partial charge in [0.05, 0.1) is 24.5 Å². The largest absolute Gasteiger partial charge is 0.496 e. The maximum absolute atomic E-state index is 12.4. The van der Waals surface area contributed by atoms with Gasteiger partial charge < -0.3 is 14.8 Å². The minimum absolute atomic E-state index is 0.0520. The molecule has 1 unspecified atom stereocenters. The molecule has 0 saturated heterocycles. The van der Waals surface area contributed by atoms with E-state index in [4.69, 9.17) is 9.47 Å². The third-order valence-corrected chi connectivity index (χ3v) is 4.59. The molecular weight excluding hydrogens is 404 g/mol. The van der Waals surface area contributed by atoms with Crippen molar-refractivity contribution in [2.24, 2.45) is 0 Å². The summed E-state index contributed by atoms with van der Waals surface area (Å²) in [7, 11) is 1.36. The Labute approximate surface area is 179 Å². The number of anilines is 1. The van der Waals surface area contributed by atoms with Gasteiger partial charge in [0, 0.05) is 12.0 Å². The predicted octanol–water partition coefficient (Wildman–Crippen LogP) is 3.75. The van der Waals surface area contributed by atoms with Crippen molar-refractivity contribution in [3.63, 3.8) is 0 Å². The number of nitro benzene ring substituents is 1. The van der Waals surface area contributed by atoms with Crippen LogP contribution in [0.15, 0.2) is 36.4 Å². The molecule has 1 amide bonds. The van der Waals surface area contributed by atoms with E-state index < -0.39 is 22.9 Å². The number of carbonyl (C=O) groups excluding carboxylic acids is 3. The van der Waals surface area contributed by atoms with Gasteiger partial charge in [0.1, 0.15) is 11.4 Å². The summed E-state index contributed by atoms with van der Waals surface area (Å²) in [5, 5.41) is 13.6. The van der Waals surface area contributed by atoms with Gasteiger partial charge in [-0.2, -0.15) is 0 Å². The van der Waals surface area contributed by atoms with Crippen LogP contribution in [0.2, 0.25) is 0 Å². The molecule has 2 aromatic carbocycles. The highest BCUT2D eigenvalue weighted by Crippen LogP contribution is 2.29. The van der Waals surface area contributed by atoms with E-state index in [0.29, 0.717) is 5.56 Å². The van der Waals surface area contributed by atoms with Crippen LogP contribution in [0.5, 0.6) is 5.75 Å². The minimum Gasteiger partial charge on any atom is -0.496 e. The molecule has 9 heteroatoms. The Morgan fingerprint density at radius 3 is 2.45 bits per heavy atom. The number of esters is 1. The summed E-state index contributed by atoms with van der Waals surface area (Å²) in [6.07, 6.45) is -1.45. The standard InChI is InChI=1S/C22H24N2O7/c1-13-5-6-14(2)17(11-13)20(25)9-10-21(26)31-15(3)22(27)23-18-8-7-16(30-4)12-19(18)24(28)29/h5-8,11-12,15H,9-10H2,1-4H3,(H,23,27). The van der Waals surface area contributed by atoms with Crippen LogP contribution in [0.25, 0.3) is 0 Å². The lowest BCUT2D eigenvalue weighted by atomic mass is 9.99. The highest BCUT2D eigenvalue weighted by molar-refractivity contribution is 5.99. The van der Waals surface area contributed by atoms with Crippen LogP contribution < -0.4 is 10.1 Å². The monoisotopic (exact) mass is 428 g/mol. The fourth-order valence-electron chi connectivity index (χ4n) is 2.83. The van der Waals surface area contributed by atoms with E-state index in [1.807, 2.05) is 26.0 Å². The van der Waals surface area contributed by atoms with Gasteiger partial charge >= 0.3 is 5.97 Å². The Bertz CT molecular complexity index is 1020. The van der Waals surface area contributed by atoms with Crippen LogP contribution in [0.4, 0.5) is 11.4 Å². The first-order chi connectivity index (χ1) is 14.6. The Morgan fingerprint density at radius 2 is 1.81 bits per heavy atom. The van der Waals surface area contributed by atoms with Crippen LogP contribution >= 0.6 is 0 Å². The molecule has 31 heavy (non-hydrogen) atoms. The molecule has 1 N–H and O–H groups in total. The molecule has 0 saturated carbocycles. The van der Waals surface area contributed by atoms with Gasteiger partial charge in [-0.25, -0.2) is 0 Å². The summed E-state index contributed by atoms with van der Waals surface area (Å²) in [5.41, 5.74) is 1.90. The maximum atomic E-state index is 12.4. The molecule has 0 spiro atoms. The number of hydrogen-bond acceptors (Lipinski definition) is 7. The summed E-state index contributed by atoms with van der Waals surface area (Å²) in [5.74, 6) is -1.38. The van der Waals surface area contributed by atoms with Crippen molar-refractivity contribution in [2.75, 3.05) is 12.4 Å². The van der Waals surface area contributed by atoms with Crippen LogP contribution in [-0.4, -0.2) is 35.8 Å². The minimum atomic E-state index is -1.20. The first kappa shape index (κ1) is 23.5. The zero-order valence-electron chi connectivity index (χ0n) is 17.8. The lowest BCUT2D eigenvalue weighted by Gasteiger charge is -2.14. The van der Waals surface area contributed by atoms with Crippen molar-refractivity contribution in [2.45, 2.75) is 39.7 Å². The van der Waals surface area contributed by atoms with Crippen LogP contribution in [0, 0.1) is 24.0 Å². The Balaban J connectivity index is 1.94. The fraction of sp³-hybridized carbons (Fsp3) is 0.318. The van der Waals surface area contributed by atoms with Crippen molar-refractivity contribution < 1.29 is 28.8 Å². The number of aryl methyl sites for hydroxylation is 2. The number of nitrogens with one attached hydrogen (secondary N) is 1. The predicted molar refractivity (Wildman–Crippen MR) is 113 cm³/mol. The molecular formula is C22H24N2O7. The lowest BCUT2D eigenvalue weighted by molar-refractivity contribution is -0.384. The summed E-state index contributed by atoms with van der Waals surface area (Å²) in [6, 6.07) is 9.45. The number of rotatable bonds is 9. The quantitative estimate of drug-likeness (QED) is 0.279. The molecule has 1 atom stereocenters. The van der Waals surface area contributed by atoms with Gasteiger partial charge in [0.2, 0.25) is 0 Å². The van der Waals surface area contributed by atoms with E-state index in [9.17, 15) is 24.5 Å². The number of Topliss-reactive ketones (excluding diaryl/α,β-unsaturated/α-hetero) is 1. The SMILES string of the molecule is COc1ccc(NC(=O)C(C)OC(=O)CCC(=O)c2cc(C)ccc2C)c([N+](=O)[O-])c1. The summed E-state index contributed by atoms with van der Waals surface area (Å²) in [6.45, 7) is 5.03. The van der Waals surface area contributed by atoms with Crippen LogP contribution in [0.1, 0.15) is 41.3 Å². The number of carbonyl (C=O) groups is 3. The molecule has 0 heterocycles. The Morgan fingerprint density at radius 1 is 1.10 bits per heavy atom. The van der Waals surface area contributed by atoms with Gasteiger partial charge in [-0.3, -0.25) is 24.5 Å². The fourth-order valence-corrected chi connectivity index (χ4v) is 2.83. The van der Waals surface area contributed by atoms with Crippen molar-refractivity contribution in [1.82, 2.24) is 0 Å². The second-order valence-electron chi connectivity index (χ2n) is 7.00. The molecule has 0 aromatic heterocycles. The zero-order valence-corrected chi connectivity index (χ0v) is 17.8. The van der Waals surface area contributed by atoms with Crippen molar-refractivity contribution >= 4 is 29.0 Å². The van der Waals surface area contributed by atoms with Gasteiger partial charge in [-0.05, 0) is 44.5 Å². The molecule has 9 nitrogen and oxygen atoms in total. The number of nitro groups is 1. The summed E-state index contributed by atoms with van der Waals surface area (Å²) >= 11 is 0. The number of nitrogens with zero attached hydrogens (tertiary/aromatic N) is 1. The number of ketones is 1. The normalized spacial score (nSPS) is 11.4. The average molecular weight is 428 g/mol. The molecule has 0 aliphatic rings. The molecule has 0 fully saturated rings. The number of ether oxygens (including phenoxy) is 2. The van der Waals surface area contributed by atoms with Crippen molar-refractivity contribution in [3.8, 4) is 5.75 Å². The second kappa shape index (κ2) is 10.3. The summed E-state index contributed by atoms with van der Waals surface area (Å²) in [4.78, 5) is 47.3. The number of benzene rings is 2. The van der Waals surface area contributed by atoms with E-state index in [2.05, 4.69) is 5.32 Å². The van der Waals surface area contributed by atoms with Crippen molar-refractivity contribution in [3.05, 3.63) is 63.2 Å². The molecule has 2 rings (SSSR count). The first-order valence-corrected chi connectivity index (χ1v) is 9.55. The molecule has 164 valence electrons. The van der Waals surface area contributed by atoms with E-state index in [1.165, 1.54) is 32.2 Å². The highest BCUT2D eigenvalue weighted by Gasteiger charge is 2.23. The molecule has 2 aromatic rings. The van der Waals surface area contributed by atoms with Gasteiger partial charge in [-0.1, -0.05) is 17.7 Å². The third-order valence-electron chi connectivity index (χ3n) is 4.59. The maximum Gasteiger partial charge on any atom is 0.307 e. The van der Waals surface area contributed by atoms with Crippen LogP contribution in [-0.2, 0) is 14.3 Å². The van der Waals surface area contributed by atoms with E-state index in [0.717, 1.165) is 11.1 Å². The van der Waals surface area contributed by atoms with E-state index in [1.54, 1.807) is 6.07 Å². The molecule has 0 bridgehead atoms. The topological polar surface area (TPSA) is 125 Å². The highest BCUT2D eigenvalue weighted by atomic mass is 16.6. The van der Waals surface area contributed by atoms with Gasteiger partial charge in [-0.15, -0.1) is 0 Å². The smallest absolute Gasteiger partial charge is 0.307 e. The number of amides is 1. The molecule has 0 aliphatic heterocycles. The lowest BCUT2D eigenvalue weighted by Crippen LogP contribution is -2.30. The van der Waals surface area contributed by atoms with Gasteiger partial charge in [0.15, 0.2) is 11.9 Å². The second-order valence-corrected chi connectivity index (χ2v) is 7.00. The van der Waals surface area contributed by atoms with E-state index >= 15 is 0 Å². The average Bonchev–Trinajstić information content (AvgIpc) is 2.73. The molecule has 0 aliphatic carbocycles. The first-order valence-electron chi connectivity index (χ1n) is 9.55. The summed E-state index contributed by atoms with van der Waals surface area (Å²) < 4.78 is 10.0. The molecule has 0 radical (unpaired) electrons. The van der Waals surface area contributed by atoms with Gasteiger partial charge in [0.25, 0.3) is 11.6 Å². The van der Waals surface area contributed by atoms with Crippen molar-refractivity contribution in [1.29, 1.82) is 0 Å². The van der Waals surface area contributed by atoms with Crippen LogP contribution in [0.3, 0.4) is 0 Å². The third kappa shape index (κ3) is 6.36.